The number of aryl methyl sites for hydroxylation is 1. The summed E-state index contributed by atoms with van der Waals surface area (Å²) < 4.78 is 11.1. The average molecular weight is 409 g/mol. The van der Waals surface area contributed by atoms with Gasteiger partial charge in [0, 0.05) is 43.4 Å². The van der Waals surface area contributed by atoms with Crippen molar-refractivity contribution in [2.45, 2.75) is 45.3 Å². The molecule has 156 valence electrons. The fourth-order valence-electron chi connectivity index (χ4n) is 3.72. The molecular formula is C21H32N2O4S. The van der Waals surface area contributed by atoms with Crippen molar-refractivity contribution in [2.24, 2.45) is 5.92 Å². The van der Waals surface area contributed by atoms with Gasteiger partial charge in [0.1, 0.15) is 5.76 Å². The molecular weight excluding hydrogens is 376 g/mol. The number of furan rings is 1. The molecule has 1 aromatic heterocycles. The van der Waals surface area contributed by atoms with Crippen molar-refractivity contribution in [2.75, 3.05) is 45.1 Å². The Balaban J connectivity index is 1.50. The van der Waals surface area contributed by atoms with Gasteiger partial charge in [0.25, 0.3) is 5.91 Å². The summed E-state index contributed by atoms with van der Waals surface area (Å²) >= 11 is 1.89. The fraction of sp³-hybridized carbons (Fsp3) is 0.714. The van der Waals surface area contributed by atoms with Gasteiger partial charge in [-0.1, -0.05) is 13.3 Å². The predicted octanol–water partition coefficient (Wildman–Crippen LogP) is 3.33. The Kier molecular flexibility index (Phi) is 7.85. The van der Waals surface area contributed by atoms with E-state index in [-0.39, 0.29) is 17.7 Å². The predicted molar refractivity (Wildman–Crippen MR) is 111 cm³/mol. The maximum absolute atomic E-state index is 12.8. The molecule has 0 unspecified atom stereocenters. The summed E-state index contributed by atoms with van der Waals surface area (Å²) in [6.45, 7) is 7.96. The van der Waals surface area contributed by atoms with Crippen molar-refractivity contribution < 1.29 is 18.7 Å². The number of morpholine rings is 1. The molecule has 2 fully saturated rings. The molecule has 0 saturated carbocycles. The molecule has 0 aromatic carbocycles. The molecule has 0 aliphatic carbocycles. The second-order valence-corrected chi connectivity index (χ2v) is 8.71. The molecule has 7 heteroatoms. The summed E-state index contributed by atoms with van der Waals surface area (Å²) in [6, 6.07) is 1.90. The number of rotatable bonds is 7. The van der Waals surface area contributed by atoms with Crippen LogP contribution in [0.4, 0.5) is 0 Å². The molecule has 28 heavy (non-hydrogen) atoms. The lowest BCUT2D eigenvalue weighted by atomic mass is 9.95. The van der Waals surface area contributed by atoms with Crippen molar-refractivity contribution in [3.05, 3.63) is 23.2 Å². The number of piperidine rings is 1. The van der Waals surface area contributed by atoms with Crippen molar-refractivity contribution in [1.82, 2.24) is 9.80 Å². The molecule has 1 aromatic rings. The van der Waals surface area contributed by atoms with Crippen LogP contribution in [0.1, 0.15) is 54.5 Å². The zero-order valence-electron chi connectivity index (χ0n) is 17.1. The third kappa shape index (κ3) is 5.32. The third-order valence-corrected chi connectivity index (χ3v) is 6.68. The molecule has 3 rings (SSSR count). The van der Waals surface area contributed by atoms with Crippen LogP contribution in [-0.4, -0.2) is 66.8 Å². The van der Waals surface area contributed by atoms with Crippen molar-refractivity contribution in [3.63, 3.8) is 0 Å². The highest BCUT2D eigenvalue weighted by Gasteiger charge is 2.32. The molecule has 2 saturated heterocycles. The van der Waals surface area contributed by atoms with Gasteiger partial charge < -0.3 is 19.0 Å². The Morgan fingerprint density at radius 2 is 1.86 bits per heavy atom. The van der Waals surface area contributed by atoms with Gasteiger partial charge in [-0.2, -0.15) is 11.8 Å². The third-order valence-electron chi connectivity index (χ3n) is 5.59. The highest BCUT2D eigenvalue weighted by Crippen LogP contribution is 2.25. The lowest BCUT2D eigenvalue weighted by Gasteiger charge is -2.35. The number of nitrogens with zero attached hydrogens (tertiary/aromatic N) is 2. The van der Waals surface area contributed by atoms with Gasteiger partial charge in [-0.05, 0) is 38.0 Å². The normalized spacial score (nSPS) is 18.5. The maximum atomic E-state index is 12.8. The molecule has 2 amide bonds. The highest BCUT2D eigenvalue weighted by atomic mass is 32.2. The molecule has 0 spiro atoms. The van der Waals surface area contributed by atoms with Crippen LogP contribution in [0.3, 0.4) is 0 Å². The number of unbranched alkanes of at least 4 members (excludes halogenated alkanes) is 1. The lowest BCUT2D eigenvalue weighted by molar-refractivity contribution is -0.141. The van der Waals surface area contributed by atoms with E-state index in [9.17, 15) is 9.59 Å². The van der Waals surface area contributed by atoms with Crippen molar-refractivity contribution in [3.8, 4) is 0 Å². The number of carbonyl (C=O) groups excluding carboxylic acids is 2. The second kappa shape index (κ2) is 10.3. The molecule has 3 heterocycles. The summed E-state index contributed by atoms with van der Waals surface area (Å²) in [5.74, 6) is 3.48. The summed E-state index contributed by atoms with van der Waals surface area (Å²) in [5.41, 5.74) is 1.11. The standard InChI is InChI=1S/C21H32N2O4S/c1-3-4-13-28-15-18-14-19(27-16(18)2)21(25)22-7-5-17(6-8-22)20(24)23-9-11-26-12-10-23/h14,17H,3-13,15H2,1-2H3. The number of likely N-dealkylation sites (tertiary alicyclic amines) is 1. The van der Waals surface area contributed by atoms with Crippen LogP contribution in [-0.2, 0) is 15.3 Å². The van der Waals surface area contributed by atoms with Gasteiger partial charge in [0.2, 0.25) is 5.91 Å². The van der Waals surface area contributed by atoms with E-state index in [4.69, 9.17) is 9.15 Å². The zero-order valence-corrected chi connectivity index (χ0v) is 17.9. The SMILES string of the molecule is CCCCSCc1cc(C(=O)N2CCC(C(=O)N3CCOCC3)CC2)oc1C. The molecule has 0 N–H and O–H groups in total. The van der Waals surface area contributed by atoms with Gasteiger partial charge in [0.15, 0.2) is 5.76 Å². The van der Waals surface area contributed by atoms with Crippen molar-refractivity contribution >= 4 is 23.6 Å². The molecule has 0 bridgehead atoms. The first-order valence-electron chi connectivity index (χ1n) is 10.4. The summed E-state index contributed by atoms with van der Waals surface area (Å²) in [4.78, 5) is 29.2. The van der Waals surface area contributed by atoms with Crippen LogP contribution in [0.5, 0.6) is 0 Å². The van der Waals surface area contributed by atoms with Crippen LogP contribution >= 0.6 is 11.8 Å². The minimum atomic E-state index is -0.0508. The van der Waals surface area contributed by atoms with E-state index in [2.05, 4.69) is 6.92 Å². The van der Waals surface area contributed by atoms with Gasteiger partial charge in [0.05, 0.1) is 13.2 Å². The number of hydrogen-bond donors (Lipinski definition) is 0. The summed E-state index contributed by atoms with van der Waals surface area (Å²) in [6.07, 6.45) is 3.86. The molecule has 0 radical (unpaired) electrons. The fourth-order valence-corrected chi connectivity index (χ4v) is 4.87. The first kappa shape index (κ1) is 21.2. The second-order valence-electron chi connectivity index (χ2n) is 7.60. The van der Waals surface area contributed by atoms with Crippen LogP contribution in [0, 0.1) is 12.8 Å². The summed E-state index contributed by atoms with van der Waals surface area (Å²) in [7, 11) is 0. The molecule has 2 aliphatic rings. The van der Waals surface area contributed by atoms with E-state index in [1.165, 1.54) is 12.8 Å². The number of amides is 2. The highest BCUT2D eigenvalue weighted by molar-refractivity contribution is 7.98. The number of hydrogen-bond acceptors (Lipinski definition) is 5. The Morgan fingerprint density at radius 1 is 1.14 bits per heavy atom. The van der Waals surface area contributed by atoms with Crippen molar-refractivity contribution in [1.29, 1.82) is 0 Å². The monoisotopic (exact) mass is 408 g/mol. The van der Waals surface area contributed by atoms with Crippen LogP contribution in [0.15, 0.2) is 10.5 Å². The smallest absolute Gasteiger partial charge is 0.289 e. The summed E-state index contributed by atoms with van der Waals surface area (Å²) in [5, 5.41) is 0. The van der Waals surface area contributed by atoms with Gasteiger partial charge in [-0.15, -0.1) is 0 Å². The zero-order chi connectivity index (χ0) is 19.9. The van der Waals surface area contributed by atoms with Gasteiger partial charge >= 0.3 is 0 Å². The van der Waals surface area contributed by atoms with E-state index in [0.29, 0.717) is 45.2 Å². The average Bonchev–Trinajstić information content (AvgIpc) is 3.11. The Labute approximate surface area is 171 Å². The largest absolute Gasteiger partial charge is 0.456 e. The van der Waals surface area contributed by atoms with Gasteiger partial charge in [-0.25, -0.2) is 0 Å². The van der Waals surface area contributed by atoms with Crippen LogP contribution in [0.2, 0.25) is 0 Å². The number of carbonyl (C=O) groups is 2. The molecule has 2 aliphatic heterocycles. The number of ether oxygens (including phenoxy) is 1. The maximum Gasteiger partial charge on any atom is 0.289 e. The Bertz CT molecular complexity index is 661. The van der Waals surface area contributed by atoms with E-state index >= 15 is 0 Å². The Morgan fingerprint density at radius 3 is 2.54 bits per heavy atom. The van der Waals surface area contributed by atoms with E-state index < -0.39 is 0 Å². The topological polar surface area (TPSA) is 63.0 Å². The van der Waals surface area contributed by atoms with E-state index in [1.54, 1.807) is 0 Å². The van der Waals surface area contributed by atoms with Gasteiger partial charge in [-0.3, -0.25) is 9.59 Å². The van der Waals surface area contributed by atoms with E-state index in [1.807, 2.05) is 34.6 Å². The molecule has 0 atom stereocenters. The Hall–Kier alpha value is -1.47. The first-order valence-corrected chi connectivity index (χ1v) is 11.6. The van der Waals surface area contributed by atoms with Crippen LogP contribution in [0.25, 0.3) is 0 Å². The lowest BCUT2D eigenvalue weighted by Crippen LogP contribution is -2.47. The van der Waals surface area contributed by atoms with Crippen LogP contribution < -0.4 is 0 Å². The number of thioether (sulfide) groups is 1. The minimum Gasteiger partial charge on any atom is -0.456 e. The van der Waals surface area contributed by atoms with E-state index in [0.717, 1.165) is 35.7 Å². The molecule has 6 nitrogen and oxygen atoms in total. The minimum absolute atomic E-state index is 0.0195. The first-order chi connectivity index (χ1) is 13.6. The quantitative estimate of drug-likeness (QED) is 0.648.